The number of aliphatic imine (C=N–C) groups is 1. The van der Waals surface area contributed by atoms with Crippen molar-refractivity contribution in [3.05, 3.63) is 68.9 Å². The second kappa shape index (κ2) is 11.6. The zero-order valence-electron chi connectivity index (χ0n) is 21.0. The Kier molecular flexibility index (Phi) is 8.40. The average molecular weight is 560 g/mol. The van der Waals surface area contributed by atoms with Crippen LogP contribution in [0.3, 0.4) is 0 Å². The molecule has 2 amide bonds. The Hall–Kier alpha value is -3.40. The molecule has 38 heavy (non-hydrogen) atoms. The van der Waals surface area contributed by atoms with E-state index in [9.17, 15) is 19.5 Å². The zero-order valence-corrected chi connectivity index (χ0v) is 22.6. The number of nitrogens with zero attached hydrogens (tertiary/aromatic N) is 2. The summed E-state index contributed by atoms with van der Waals surface area (Å²) in [6.45, 7) is 4.45. The Morgan fingerprint density at radius 1 is 1.24 bits per heavy atom. The van der Waals surface area contributed by atoms with Gasteiger partial charge >= 0.3 is 5.97 Å². The molecule has 1 aliphatic heterocycles. The van der Waals surface area contributed by atoms with E-state index in [0.29, 0.717) is 29.7 Å². The van der Waals surface area contributed by atoms with E-state index in [-0.39, 0.29) is 40.5 Å². The minimum atomic E-state index is -1.20. The van der Waals surface area contributed by atoms with Gasteiger partial charge in [0.15, 0.2) is 0 Å². The third kappa shape index (κ3) is 6.01. The van der Waals surface area contributed by atoms with Crippen LogP contribution in [0.2, 0.25) is 10.0 Å². The SMILES string of the molecule is CC(C)N=CC([NH3+])CC(NC(=O)c1c(Cl)cc2c(c1Cl)CCN(C(=O)c1ccc3ccoc3c1)C2)C(=O)O. The number of hydrogen-bond donors (Lipinski definition) is 3. The predicted molar refractivity (Wildman–Crippen MR) is 145 cm³/mol. The first-order valence-corrected chi connectivity index (χ1v) is 13.0. The fourth-order valence-electron chi connectivity index (χ4n) is 4.41. The van der Waals surface area contributed by atoms with Crippen molar-refractivity contribution in [1.82, 2.24) is 10.2 Å². The predicted octanol–water partition coefficient (Wildman–Crippen LogP) is 3.60. The van der Waals surface area contributed by atoms with Gasteiger partial charge in [-0.3, -0.25) is 14.6 Å². The summed E-state index contributed by atoms with van der Waals surface area (Å²) in [5, 5.41) is 13.3. The van der Waals surface area contributed by atoms with Gasteiger partial charge < -0.3 is 25.5 Å². The van der Waals surface area contributed by atoms with Gasteiger partial charge in [0, 0.05) is 36.5 Å². The summed E-state index contributed by atoms with van der Waals surface area (Å²) >= 11 is 13.1. The van der Waals surface area contributed by atoms with Crippen molar-refractivity contribution in [2.24, 2.45) is 4.99 Å². The molecule has 2 heterocycles. The largest absolute Gasteiger partial charge is 0.480 e. The second-order valence-electron chi connectivity index (χ2n) is 9.59. The Bertz CT molecular complexity index is 1420. The third-order valence-corrected chi connectivity index (χ3v) is 7.07. The van der Waals surface area contributed by atoms with Gasteiger partial charge in [-0.05, 0) is 55.7 Å². The maximum Gasteiger partial charge on any atom is 0.326 e. The van der Waals surface area contributed by atoms with Crippen LogP contribution in [-0.4, -0.2) is 58.7 Å². The topological polar surface area (TPSA) is 140 Å². The van der Waals surface area contributed by atoms with Crippen LogP contribution in [0.1, 0.15) is 52.1 Å². The van der Waals surface area contributed by atoms with E-state index in [2.05, 4.69) is 16.0 Å². The number of aliphatic carboxylic acids is 1. The molecule has 1 aliphatic rings. The van der Waals surface area contributed by atoms with E-state index in [0.717, 1.165) is 10.9 Å². The highest BCUT2D eigenvalue weighted by atomic mass is 35.5. The normalized spacial score (nSPS) is 15.1. The van der Waals surface area contributed by atoms with E-state index in [1.54, 1.807) is 35.6 Å². The van der Waals surface area contributed by atoms with E-state index in [1.165, 1.54) is 0 Å². The Labute approximate surface area is 229 Å². The number of halogens is 2. The number of carboxylic acid groups (broad SMARTS) is 1. The number of hydrogen-bond acceptors (Lipinski definition) is 5. The van der Waals surface area contributed by atoms with Crippen LogP contribution in [0, 0.1) is 0 Å². The number of rotatable bonds is 8. The first-order valence-electron chi connectivity index (χ1n) is 12.2. The quantitative estimate of drug-likeness (QED) is 0.361. The molecule has 3 aromatic rings. The maximum atomic E-state index is 13.2. The van der Waals surface area contributed by atoms with Crippen molar-refractivity contribution < 1.29 is 29.6 Å². The number of carboxylic acids is 1. The molecular formula is C27H29Cl2N4O5+. The van der Waals surface area contributed by atoms with E-state index in [1.807, 2.05) is 26.0 Å². The van der Waals surface area contributed by atoms with E-state index in [4.69, 9.17) is 27.6 Å². The lowest BCUT2D eigenvalue weighted by Crippen LogP contribution is -2.64. The van der Waals surface area contributed by atoms with Gasteiger partial charge in [-0.15, -0.1) is 0 Å². The van der Waals surface area contributed by atoms with E-state index < -0.39 is 24.0 Å². The molecular weight excluding hydrogens is 531 g/mol. The number of fused-ring (bicyclic) bond motifs is 2. The molecule has 0 spiro atoms. The zero-order chi connectivity index (χ0) is 27.6. The lowest BCUT2D eigenvalue weighted by molar-refractivity contribution is -0.395. The fraction of sp³-hybridized carbons (Fsp3) is 0.333. The van der Waals surface area contributed by atoms with Crippen molar-refractivity contribution >= 4 is 58.2 Å². The van der Waals surface area contributed by atoms with Crippen LogP contribution in [0.5, 0.6) is 0 Å². The molecule has 200 valence electrons. The van der Waals surface area contributed by atoms with Gasteiger partial charge in [-0.2, -0.15) is 0 Å². The summed E-state index contributed by atoms with van der Waals surface area (Å²) in [5.41, 5.74) is 6.49. The summed E-state index contributed by atoms with van der Waals surface area (Å²) < 4.78 is 5.41. The maximum absolute atomic E-state index is 13.2. The molecule has 2 atom stereocenters. The highest BCUT2D eigenvalue weighted by molar-refractivity contribution is 6.40. The van der Waals surface area contributed by atoms with Crippen molar-refractivity contribution in [3.63, 3.8) is 0 Å². The van der Waals surface area contributed by atoms with Gasteiger partial charge in [0.05, 0.1) is 28.1 Å². The number of furan rings is 1. The molecule has 0 saturated carbocycles. The van der Waals surface area contributed by atoms with Crippen molar-refractivity contribution in [3.8, 4) is 0 Å². The van der Waals surface area contributed by atoms with Crippen molar-refractivity contribution in [1.29, 1.82) is 0 Å². The minimum Gasteiger partial charge on any atom is -0.480 e. The number of carbonyl (C=O) groups is 3. The lowest BCUT2D eigenvalue weighted by Gasteiger charge is -2.30. The highest BCUT2D eigenvalue weighted by Gasteiger charge is 2.30. The smallest absolute Gasteiger partial charge is 0.326 e. The van der Waals surface area contributed by atoms with Gasteiger partial charge in [0.1, 0.15) is 17.7 Å². The summed E-state index contributed by atoms with van der Waals surface area (Å²) in [5.74, 6) is -2.04. The third-order valence-electron chi connectivity index (χ3n) is 6.36. The summed E-state index contributed by atoms with van der Waals surface area (Å²) in [6.07, 6.45) is 3.63. The molecule has 4 rings (SSSR count). The standard InChI is InChI=1S/C27H28Cl2N4O5/c1-14(2)31-12-18(30)11-21(27(36)37)32-25(34)23-20(28)9-17-13-33(7-5-19(17)24(23)29)26(35)16-4-3-15-6-8-38-22(15)10-16/h3-4,6,8-10,12,14,18,21H,5,7,11,13,30H2,1-2H3,(H,32,34)(H,36,37)/p+1. The number of nitrogens with one attached hydrogen (secondary N) is 1. The summed E-state index contributed by atoms with van der Waals surface area (Å²) in [4.78, 5) is 44.0. The van der Waals surface area contributed by atoms with Gasteiger partial charge in [0.25, 0.3) is 11.8 Å². The van der Waals surface area contributed by atoms with Gasteiger partial charge in [0.2, 0.25) is 0 Å². The van der Waals surface area contributed by atoms with Gasteiger partial charge in [-0.1, -0.05) is 29.3 Å². The molecule has 0 aliphatic carbocycles. The van der Waals surface area contributed by atoms with Crippen molar-refractivity contribution in [2.75, 3.05) is 6.54 Å². The van der Waals surface area contributed by atoms with Crippen LogP contribution in [0.4, 0.5) is 0 Å². The molecule has 0 fully saturated rings. The monoisotopic (exact) mass is 559 g/mol. The Balaban J connectivity index is 1.51. The second-order valence-corrected chi connectivity index (χ2v) is 10.4. The van der Waals surface area contributed by atoms with Crippen LogP contribution < -0.4 is 11.1 Å². The average Bonchev–Trinajstić information content (AvgIpc) is 3.34. The molecule has 5 N–H and O–H groups in total. The fourth-order valence-corrected chi connectivity index (χ4v) is 5.18. The molecule has 0 radical (unpaired) electrons. The Morgan fingerprint density at radius 3 is 2.71 bits per heavy atom. The minimum absolute atomic E-state index is 0.0119. The first-order chi connectivity index (χ1) is 18.0. The Morgan fingerprint density at radius 2 is 2.00 bits per heavy atom. The summed E-state index contributed by atoms with van der Waals surface area (Å²) in [6, 6.07) is 7.18. The number of quaternary nitrogens is 1. The van der Waals surface area contributed by atoms with Crippen LogP contribution in [0.15, 0.2) is 46.0 Å². The molecule has 0 bridgehead atoms. The summed E-state index contributed by atoms with van der Waals surface area (Å²) in [7, 11) is 0. The first kappa shape index (κ1) is 27.6. The molecule has 9 nitrogen and oxygen atoms in total. The molecule has 0 saturated heterocycles. The van der Waals surface area contributed by atoms with Gasteiger partial charge in [-0.25, -0.2) is 4.79 Å². The molecule has 2 unspecified atom stereocenters. The van der Waals surface area contributed by atoms with E-state index >= 15 is 0 Å². The molecule has 2 aromatic carbocycles. The van der Waals surface area contributed by atoms with Crippen LogP contribution in [0.25, 0.3) is 11.0 Å². The van der Waals surface area contributed by atoms with Crippen molar-refractivity contribution in [2.45, 2.75) is 51.4 Å². The number of amides is 2. The van der Waals surface area contributed by atoms with Crippen LogP contribution >= 0.6 is 23.2 Å². The molecule has 1 aromatic heterocycles. The number of carbonyl (C=O) groups excluding carboxylic acids is 2. The highest BCUT2D eigenvalue weighted by Crippen LogP contribution is 2.35. The molecule has 11 heteroatoms. The number of benzene rings is 2. The lowest BCUT2D eigenvalue weighted by atomic mass is 9.95. The van der Waals surface area contributed by atoms with Crippen LogP contribution in [-0.2, 0) is 17.8 Å².